The van der Waals surface area contributed by atoms with Gasteiger partial charge >= 0.3 is 0 Å². The van der Waals surface area contributed by atoms with Gasteiger partial charge in [-0.25, -0.2) is 0 Å². The fraction of sp³-hybridized carbons (Fsp3) is 0.273. The molecule has 3 N–H and O–H groups in total. The van der Waals surface area contributed by atoms with Gasteiger partial charge in [-0.2, -0.15) is 0 Å². The minimum atomic E-state index is -0.523. The van der Waals surface area contributed by atoms with Crippen molar-refractivity contribution < 1.29 is 14.3 Å². The quantitative estimate of drug-likeness (QED) is 0.753. The number of nitrogens with two attached hydrogens (primary N) is 1. The molecular formula is C22H25N3O3. The van der Waals surface area contributed by atoms with Gasteiger partial charge in [-0.3, -0.25) is 9.59 Å². The number of carbonyl (C=O) groups is 2. The maximum absolute atomic E-state index is 12.5. The number of methoxy groups -OCH3 is 1. The number of ether oxygens (including phenoxy) is 1. The summed E-state index contributed by atoms with van der Waals surface area (Å²) in [7, 11) is 1.59. The van der Waals surface area contributed by atoms with Crippen molar-refractivity contribution in [1.82, 2.24) is 0 Å². The van der Waals surface area contributed by atoms with Crippen LogP contribution in [0.2, 0.25) is 0 Å². The van der Waals surface area contributed by atoms with Crippen LogP contribution >= 0.6 is 0 Å². The summed E-state index contributed by atoms with van der Waals surface area (Å²) < 4.78 is 5.30. The third kappa shape index (κ3) is 4.71. The van der Waals surface area contributed by atoms with Crippen molar-refractivity contribution in [3.8, 4) is 5.75 Å². The van der Waals surface area contributed by atoms with Crippen LogP contribution in [0.25, 0.3) is 6.08 Å². The van der Waals surface area contributed by atoms with Crippen molar-refractivity contribution in [1.29, 1.82) is 0 Å². The van der Waals surface area contributed by atoms with E-state index in [4.69, 9.17) is 10.5 Å². The lowest BCUT2D eigenvalue weighted by atomic mass is 10.1. The van der Waals surface area contributed by atoms with Crippen molar-refractivity contribution in [3.63, 3.8) is 0 Å². The molecule has 146 valence electrons. The van der Waals surface area contributed by atoms with Gasteiger partial charge in [-0.15, -0.1) is 0 Å². The minimum Gasteiger partial charge on any atom is -0.496 e. The van der Waals surface area contributed by atoms with Gasteiger partial charge in [0.2, 0.25) is 11.8 Å². The molecule has 6 nitrogen and oxygen atoms in total. The molecule has 28 heavy (non-hydrogen) atoms. The third-order valence-corrected chi connectivity index (χ3v) is 4.79. The van der Waals surface area contributed by atoms with Gasteiger partial charge in [-0.05, 0) is 49.6 Å². The topological polar surface area (TPSA) is 84.7 Å². The highest BCUT2D eigenvalue weighted by Crippen LogP contribution is 2.30. The lowest BCUT2D eigenvalue weighted by Crippen LogP contribution is -2.30. The molecule has 1 fully saturated rings. The number of hydrogen-bond acceptors (Lipinski definition) is 4. The summed E-state index contributed by atoms with van der Waals surface area (Å²) in [6.07, 6.45) is 6.58. The highest BCUT2D eigenvalue weighted by atomic mass is 16.5. The fourth-order valence-corrected chi connectivity index (χ4v) is 3.34. The molecule has 0 spiro atoms. The molecule has 0 aromatic heterocycles. The van der Waals surface area contributed by atoms with E-state index < -0.39 is 5.91 Å². The van der Waals surface area contributed by atoms with E-state index in [1.54, 1.807) is 25.3 Å². The maximum Gasteiger partial charge on any atom is 0.248 e. The first-order valence-corrected chi connectivity index (χ1v) is 9.39. The van der Waals surface area contributed by atoms with E-state index in [1.807, 2.05) is 30.3 Å². The second-order valence-corrected chi connectivity index (χ2v) is 6.71. The summed E-state index contributed by atoms with van der Waals surface area (Å²) in [5, 5.41) is 2.89. The number of amides is 2. The van der Waals surface area contributed by atoms with E-state index in [0.717, 1.165) is 37.2 Å². The van der Waals surface area contributed by atoms with Crippen LogP contribution in [0, 0.1) is 0 Å². The lowest BCUT2D eigenvalue weighted by Gasteiger charge is -2.30. The van der Waals surface area contributed by atoms with Gasteiger partial charge < -0.3 is 20.7 Å². The van der Waals surface area contributed by atoms with Crippen LogP contribution in [0.3, 0.4) is 0 Å². The number of nitrogens with zero attached hydrogens (tertiary/aromatic N) is 1. The Kier molecular flexibility index (Phi) is 6.32. The minimum absolute atomic E-state index is 0.286. The van der Waals surface area contributed by atoms with Crippen LogP contribution in [0.4, 0.5) is 11.4 Å². The smallest absolute Gasteiger partial charge is 0.248 e. The molecule has 1 aliphatic rings. The summed E-state index contributed by atoms with van der Waals surface area (Å²) in [6.45, 7) is 1.85. The van der Waals surface area contributed by atoms with Gasteiger partial charge in [0, 0.05) is 30.3 Å². The predicted octanol–water partition coefficient (Wildman–Crippen LogP) is 3.44. The van der Waals surface area contributed by atoms with Crippen LogP contribution in [0.15, 0.2) is 48.5 Å². The largest absolute Gasteiger partial charge is 0.496 e. The molecular weight excluding hydrogens is 354 g/mol. The Morgan fingerprint density at radius 1 is 1.11 bits per heavy atom. The van der Waals surface area contributed by atoms with E-state index in [-0.39, 0.29) is 5.91 Å². The number of primary amides is 1. The van der Waals surface area contributed by atoms with E-state index in [0.29, 0.717) is 17.0 Å². The van der Waals surface area contributed by atoms with Gasteiger partial charge in [-0.1, -0.05) is 18.2 Å². The van der Waals surface area contributed by atoms with Crippen LogP contribution in [-0.2, 0) is 4.79 Å². The molecule has 1 heterocycles. The SMILES string of the molecule is COc1ccccc1/C=C/C(=O)Nc1cc(C(N)=O)ccc1N1CCCCC1. The van der Waals surface area contributed by atoms with E-state index in [1.165, 1.54) is 12.5 Å². The fourth-order valence-electron chi connectivity index (χ4n) is 3.34. The van der Waals surface area contributed by atoms with Crippen molar-refractivity contribution in [2.45, 2.75) is 19.3 Å². The Hall–Kier alpha value is -3.28. The predicted molar refractivity (Wildman–Crippen MR) is 112 cm³/mol. The second-order valence-electron chi connectivity index (χ2n) is 6.71. The number of rotatable bonds is 6. The Bertz CT molecular complexity index is 886. The second kappa shape index (κ2) is 9.08. The van der Waals surface area contributed by atoms with Gasteiger partial charge in [0.15, 0.2) is 0 Å². The first kappa shape index (κ1) is 19.5. The Morgan fingerprint density at radius 2 is 1.86 bits per heavy atom. The molecule has 0 atom stereocenters. The van der Waals surface area contributed by atoms with Crippen molar-refractivity contribution >= 4 is 29.3 Å². The number of piperidine rings is 1. The normalized spacial score (nSPS) is 14.1. The molecule has 1 aliphatic heterocycles. The highest BCUT2D eigenvalue weighted by Gasteiger charge is 2.17. The Labute approximate surface area is 165 Å². The first-order chi connectivity index (χ1) is 13.6. The molecule has 0 radical (unpaired) electrons. The molecule has 2 aromatic carbocycles. The summed E-state index contributed by atoms with van der Waals surface area (Å²) >= 11 is 0. The van der Waals surface area contributed by atoms with Crippen molar-refractivity contribution in [3.05, 3.63) is 59.7 Å². The molecule has 3 rings (SSSR count). The summed E-state index contributed by atoms with van der Waals surface area (Å²) in [4.78, 5) is 26.3. The molecule has 0 bridgehead atoms. The zero-order chi connectivity index (χ0) is 19.9. The number of anilines is 2. The zero-order valence-corrected chi connectivity index (χ0v) is 16.0. The molecule has 1 saturated heterocycles. The molecule has 0 unspecified atom stereocenters. The lowest BCUT2D eigenvalue weighted by molar-refractivity contribution is -0.111. The van der Waals surface area contributed by atoms with Crippen LogP contribution < -0.4 is 20.7 Å². The number of benzene rings is 2. The summed E-state index contributed by atoms with van der Waals surface area (Å²) in [5.41, 5.74) is 8.09. The Morgan fingerprint density at radius 3 is 2.57 bits per heavy atom. The van der Waals surface area contributed by atoms with E-state index >= 15 is 0 Å². The molecule has 0 aliphatic carbocycles. The van der Waals surface area contributed by atoms with Crippen LogP contribution in [-0.4, -0.2) is 32.0 Å². The molecule has 2 amide bonds. The van der Waals surface area contributed by atoms with Crippen LogP contribution in [0.1, 0.15) is 35.2 Å². The molecule has 6 heteroatoms. The zero-order valence-electron chi connectivity index (χ0n) is 16.0. The van der Waals surface area contributed by atoms with Gasteiger partial charge in [0.25, 0.3) is 0 Å². The number of para-hydroxylation sites is 1. The average molecular weight is 379 g/mol. The van der Waals surface area contributed by atoms with E-state index in [2.05, 4.69) is 10.2 Å². The first-order valence-electron chi connectivity index (χ1n) is 9.39. The standard InChI is InChI=1S/C22H25N3O3/c1-28-20-8-4-3-7-16(20)10-12-21(26)24-18-15-17(22(23)27)9-11-19(18)25-13-5-2-6-14-25/h3-4,7-12,15H,2,5-6,13-14H2,1H3,(H2,23,27)(H,24,26)/b12-10+. The average Bonchev–Trinajstić information content (AvgIpc) is 2.73. The number of carbonyl (C=O) groups excluding carboxylic acids is 2. The van der Waals surface area contributed by atoms with Crippen molar-refractivity contribution in [2.75, 3.05) is 30.4 Å². The molecule has 2 aromatic rings. The third-order valence-electron chi connectivity index (χ3n) is 4.79. The van der Waals surface area contributed by atoms with Gasteiger partial charge in [0.1, 0.15) is 5.75 Å². The maximum atomic E-state index is 12.5. The number of hydrogen-bond donors (Lipinski definition) is 2. The molecule has 0 saturated carbocycles. The van der Waals surface area contributed by atoms with Crippen molar-refractivity contribution in [2.24, 2.45) is 5.73 Å². The van der Waals surface area contributed by atoms with Gasteiger partial charge in [0.05, 0.1) is 18.5 Å². The Balaban J connectivity index is 1.82. The highest BCUT2D eigenvalue weighted by molar-refractivity contribution is 6.05. The monoisotopic (exact) mass is 379 g/mol. The van der Waals surface area contributed by atoms with Crippen LogP contribution in [0.5, 0.6) is 5.75 Å². The van der Waals surface area contributed by atoms with E-state index in [9.17, 15) is 9.59 Å². The summed E-state index contributed by atoms with van der Waals surface area (Å²) in [6, 6.07) is 12.7. The number of nitrogens with one attached hydrogen (secondary N) is 1. The summed E-state index contributed by atoms with van der Waals surface area (Å²) in [5.74, 6) is -0.118.